The molecule has 1 saturated carbocycles. The predicted molar refractivity (Wildman–Crippen MR) is 131 cm³/mol. The van der Waals surface area contributed by atoms with Gasteiger partial charge in [-0.3, -0.25) is 14.4 Å². The van der Waals surface area contributed by atoms with E-state index in [4.69, 9.17) is 9.47 Å². The van der Waals surface area contributed by atoms with Crippen LogP contribution in [-0.2, 0) is 16.0 Å². The van der Waals surface area contributed by atoms with Gasteiger partial charge in [0.2, 0.25) is 5.43 Å². The van der Waals surface area contributed by atoms with E-state index in [0.29, 0.717) is 26.3 Å². The van der Waals surface area contributed by atoms with Gasteiger partial charge in [0.15, 0.2) is 0 Å². The number of carbonyl (C=O) groups excluding carboxylic acids is 2. The third-order valence-electron chi connectivity index (χ3n) is 6.85. The van der Waals surface area contributed by atoms with Crippen LogP contribution in [0.3, 0.4) is 0 Å². The highest BCUT2D eigenvalue weighted by Gasteiger charge is 2.27. The molecule has 1 saturated heterocycles. The topological polar surface area (TPSA) is 89.9 Å². The molecule has 0 spiro atoms. The SMILES string of the molecule is COCCN(C(=O)c1cn(C[C@@H]2CCCO2)cc(C(=O)NC2CCCCCCC2)c1=O)C(C)C. The number of amides is 2. The van der Waals surface area contributed by atoms with E-state index in [1.165, 1.54) is 19.3 Å². The fourth-order valence-corrected chi connectivity index (χ4v) is 4.88. The second-order valence-corrected chi connectivity index (χ2v) is 9.85. The molecule has 0 unspecified atom stereocenters. The maximum atomic E-state index is 13.4. The summed E-state index contributed by atoms with van der Waals surface area (Å²) in [5.41, 5.74) is -0.463. The van der Waals surface area contributed by atoms with Crippen LogP contribution in [0.4, 0.5) is 0 Å². The van der Waals surface area contributed by atoms with E-state index < -0.39 is 5.43 Å². The van der Waals surface area contributed by atoms with Gasteiger partial charge in [-0.05, 0) is 39.5 Å². The Bertz CT molecular complexity index is 868. The Kier molecular flexibility index (Phi) is 10.1. The van der Waals surface area contributed by atoms with Gasteiger partial charge in [0.05, 0.1) is 12.7 Å². The Morgan fingerprint density at radius 1 is 1.09 bits per heavy atom. The van der Waals surface area contributed by atoms with Crippen molar-refractivity contribution in [1.82, 2.24) is 14.8 Å². The Hall–Kier alpha value is -2.19. The zero-order valence-corrected chi connectivity index (χ0v) is 21.0. The zero-order valence-electron chi connectivity index (χ0n) is 21.0. The minimum atomic E-state index is -0.514. The molecule has 3 rings (SSSR count). The molecule has 8 heteroatoms. The molecule has 1 N–H and O–H groups in total. The maximum Gasteiger partial charge on any atom is 0.259 e. The van der Waals surface area contributed by atoms with Gasteiger partial charge in [0.25, 0.3) is 11.8 Å². The second kappa shape index (κ2) is 13.0. The highest BCUT2D eigenvalue weighted by Crippen LogP contribution is 2.18. The van der Waals surface area contributed by atoms with Crippen molar-refractivity contribution in [3.63, 3.8) is 0 Å². The summed E-state index contributed by atoms with van der Waals surface area (Å²) in [5, 5.41) is 3.09. The van der Waals surface area contributed by atoms with Crippen molar-refractivity contribution in [2.75, 3.05) is 26.9 Å². The lowest BCUT2D eigenvalue weighted by Crippen LogP contribution is -2.43. The maximum absolute atomic E-state index is 13.4. The van der Waals surface area contributed by atoms with Gasteiger partial charge in [-0.15, -0.1) is 0 Å². The van der Waals surface area contributed by atoms with Crippen molar-refractivity contribution in [2.24, 2.45) is 0 Å². The average molecular weight is 476 g/mol. The number of hydrogen-bond acceptors (Lipinski definition) is 5. The molecule has 2 aliphatic rings. The molecule has 1 aromatic heterocycles. The summed E-state index contributed by atoms with van der Waals surface area (Å²) >= 11 is 0. The number of ether oxygens (including phenoxy) is 2. The van der Waals surface area contributed by atoms with Crippen LogP contribution in [0.15, 0.2) is 17.2 Å². The summed E-state index contributed by atoms with van der Waals surface area (Å²) in [6, 6.07) is -0.0480. The van der Waals surface area contributed by atoms with Gasteiger partial charge in [-0.1, -0.05) is 32.1 Å². The van der Waals surface area contributed by atoms with E-state index in [2.05, 4.69) is 5.32 Å². The first kappa shape index (κ1) is 26.4. The number of hydrogen-bond donors (Lipinski definition) is 1. The van der Waals surface area contributed by atoms with Gasteiger partial charge in [-0.2, -0.15) is 0 Å². The van der Waals surface area contributed by atoms with Gasteiger partial charge in [0.1, 0.15) is 11.1 Å². The van der Waals surface area contributed by atoms with Crippen molar-refractivity contribution < 1.29 is 19.1 Å². The molecule has 1 aliphatic carbocycles. The molecule has 1 atom stereocenters. The van der Waals surface area contributed by atoms with Crippen molar-refractivity contribution in [3.8, 4) is 0 Å². The fraction of sp³-hybridized carbons (Fsp3) is 0.731. The molecular weight excluding hydrogens is 434 g/mol. The van der Waals surface area contributed by atoms with E-state index in [0.717, 1.165) is 38.5 Å². The lowest BCUT2D eigenvalue weighted by Gasteiger charge is -2.27. The second-order valence-electron chi connectivity index (χ2n) is 9.85. The summed E-state index contributed by atoms with van der Waals surface area (Å²) in [5.74, 6) is -0.766. The quantitative estimate of drug-likeness (QED) is 0.592. The summed E-state index contributed by atoms with van der Waals surface area (Å²) in [6.07, 6.45) is 12.7. The van der Waals surface area contributed by atoms with Gasteiger partial charge in [-0.25, -0.2) is 0 Å². The van der Waals surface area contributed by atoms with Crippen LogP contribution in [-0.4, -0.2) is 66.3 Å². The first-order valence-electron chi connectivity index (χ1n) is 12.9. The Morgan fingerprint density at radius 3 is 2.38 bits per heavy atom. The summed E-state index contributed by atoms with van der Waals surface area (Å²) < 4.78 is 12.7. The lowest BCUT2D eigenvalue weighted by molar-refractivity contribution is 0.0631. The standard InChI is InChI=1S/C26H41N3O5/c1-19(2)29(13-15-33-3)26(32)23-18-28(16-21-12-9-14-34-21)17-22(24(23)30)25(31)27-20-10-7-5-4-6-8-11-20/h17-21H,4-16H2,1-3H3,(H,27,31)/t21-/m0/s1. The largest absolute Gasteiger partial charge is 0.383 e. The van der Waals surface area contributed by atoms with Crippen molar-refractivity contribution in [1.29, 1.82) is 0 Å². The first-order valence-corrected chi connectivity index (χ1v) is 12.9. The average Bonchev–Trinajstić information content (AvgIpc) is 3.29. The normalized spacial score (nSPS) is 19.6. The number of pyridine rings is 1. The molecule has 2 heterocycles. The highest BCUT2D eigenvalue weighted by atomic mass is 16.5. The molecule has 8 nitrogen and oxygen atoms in total. The Morgan fingerprint density at radius 2 is 1.76 bits per heavy atom. The molecule has 2 fully saturated rings. The van der Waals surface area contributed by atoms with E-state index >= 15 is 0 Å². The first-order chi connectivity index (χ1) is 16.4. The van der Waals surface area contributed by atoms with E-state index in [9.17, 15) is 14.4 Å². The van der Waals surface area contributed by atoms with Crippen LogP contribution < -0.4 is 10.7 Å². The molecule has 190 valence electrons. The molecule has 0 aromatic carbocycles. The third-order valence-corrected chi connectivity index (χ3v) is 6.85. The highest BCUT2D eigenvalue weighted by molar-refractivity contribution is 5.99. The minimum absolute atomic E-state index is 0.0154. The fourth-order valence-electron chi connectivity index (χ4n) is 4.88. The molecule has 0 radical (unpaired) electrons. The van der Waals surface area contributed by atoms with Crippen LogP contribution in [0.2, 0.25) is 0 Å². The number of nitrogens with zero attached hydrogens (tertiary/aromatic N) is 2. The van der Waals surface area contributed by atoms with Crippen LogP contribution in [0.5, 0.6) is 0 Å². The monoisotopic (exact) mass is 475 g/mol. The smallest absolute Gasteiger partial charge is 0.259 e. The third kappa shape index (κ3) is 7.15. The Labute approximate surface area is 203 Å². The van der Waals surface area contributed by atoms with Crippen molar-refractivity contribution in [2.45, 2.75) is 96.4 Å². The zero-order chi connectivity index (χ0) is 24.5. The minimum Gasteiger partial charge on any atom is -0.383 e. The molecule has 2 amide bonds. The lowest BCUT2D eigenvalue weighted by atomic mass is 9.96. The van der Waals surface area contributed by atoms with Crippen molar-refractivity contribution >= 4 is 11.8 Å². The van der Waals surface area contributed by atoms with Crippen LogP contribution >= 0.6 is 0 Å². The van der Waals surface area contributed by atoms with E-state index in [1.54, 1.807) is 29.0 Å². The molecular formula is C26H41N3O5. The summed E-state index contributed by atoms with van der Waals surface area (Å²) in [6.45, 7) is 5.77. The molecule has 0 bridgehead atoms. The summed E-state index contributed by atoms with van der Waals surface area (Å²) in [4.78, 5) is 41.8. The predicted octanol–water partition coefficient (Wildman–Crippen LogP) is 3.37. The molecule has 34 heavy (non-hydrogen) atoms. The van der Waals surface area contributed by atoms with Gasteiger partial charge >= 0.3 is 0 Å². The number of carbonyl (C=O) groups is 2. The van der Waals surface area contributed by atoms with Crippen molar-refractivity contribution in [3.05, 3.63) is 33.7 Å². The van der Waals surface area contributed by atoms with Gasteiger partial charge < -0.3 is 24.3 Å². The number of methoxy groups -OCH3 is 1. The number of rotatable bonds is 9. The summed E-state index contributed by atoms with van der Waals surface area (Å²) in [7, 11) is 1.58. The number of aromatic nitrogens is 1. The van der Waals surface area contributed by atoms with Crippen LogP contribution in [0, 0.1) is 0 Å². The number of nitrogens with one attached hydrogen (secondary N) is 1. The Balaban J connectivity index is 1.91. The van der Waals surface area contributed by atoms with E-state index in [-0.39, 0.29) is 41.1 Å². The van der Waals surface area contributed by atoms with Crippen LogP contribution in [0.25, 0.3) is 0 Å². The van der Waals surface area contributed by atoms with E-state index in [1.807, 2.05) is 13.8 Å². The molecule has 1 aliphatic heterocycles. The molecule has 1 aromatic rings. The van der Waals surface area contributed by atoms with Crippen LogP contribution in [0.1, 0.15) is 92.4 Å². The van der Waals surface area contributed by atoms with Gasteiger partial charge in [0, 0.05) is 51.3 Å².